The molecule has 1 aromatic heterocycles. The SMILES string of the molecule is CC(OCc1ccnc(C(=N)N)c1)C(F)(F)F. The average molecular weight is 247 g/mol. The first-order valence-corrected chi connectivity index (χ1v) is 4.78. The normalized spacial score (nSPS) is 13.4. The molecule has 17 heavy (non-hydrogen) atoms. The van der Waals surface area contributed by atoms with Crippen LogP contribution in [-0.2, 0) is 11.3 Å². The molecule has 0 radical (unpaired) electrons. The van der Waals surface area contributed by atoms with Crippen LogP contribution < -0.4 is 5.73 Å². The molecule has 0 saturated heterocycles. The van der Waals surface area contributed by atoms with E-state index in [2.05, 4.69) is 9.72 Å². The van der Waals surface area contributed by atoms with Crippen LogP contribution in [0.2, 0.25) is 0 Å². The molecule has 7 heteroatoms. The molecule has 3 N–H and O–H groups in total. The summed E-state index contributed by atoms with van der Waals surface area (Å²) in [5, 5.41) is 7.14. The number of rotatable bonds is 4. The van der Waals surface area contributed by atoms with Crippen LogP contribution in [0, 0.1) is 5.41 Å². The Morgan fingerprint density at radius 3 is 2.76 bits per heavy atom. The fourth-order valence-electron chi connectivity index (χ4n) is 1.03. The van der Waals surface area contributed by atoms with Gasteiger partial charge in [-0.1, -0.05) is 0 Å². The number of nitrogens with zero attached hydrogens (tertiary/aromatic N) is 1. The quantitative estimate of drug-likeness (QED) is 0.629. The van der Waals surface area contributed by atoms with Crippen LogP contribution in [0.1, 0.15) is 18.2 Å². The maximum absolute atomic E-state index is 12.2. The van der Waals surface area contributed by atoms with Gasteiger partial charge in [-0.2, -0.15) is 13.2 Å². The highest BCUT2D eigenvalue weighted by molar-refractivity contribution is 5.93. The number of hydrogen-bond acceptors (Lipinski definition) is 3. The Bertz CT molecular complexity index is 406. The zero-order chi connectivity index (χ0) is 13.1. The molecule has 1 atom stereocenters. The molecule has 0 aliphatic carbocycles. The first-order chi connectivity index (χ1) is 7.80. The molecule has 0 spiro atoms. The second-order valence-corrected chi connectivity index (χ2v) is 3.46. The molecule has 1 heterocycles. The minimum Gasteiger partial charge on any atom is -0.382 e. The lowest BCUT2D eigenvalue weighted by Crippen LogP contribution is -2.28. The monoisotopic (exact) mass is 247 g/mol. The van der Waals surface area contributed by atoms with Gasteiger partial charge < -0.3 is 10.5 Å². The number of halogens is 3. The van der Waals surface area contributed by atoms with Gasteiger partial charge in [0.1, 0.15) is 11.5 Å². The summed E-state index contributed by atoms with van der Waals surface area (Å²) in [6, 6.07) is 2.93. The molecule has 0 aromatic carbocycles. The third-order valence-corrected chi connectivity index (χ3v) is 2.06. The van der Waals surface area contributed by atoms with E-state index in [1.165, 1.54) is 18.3 Å². The van der Waals surface area contributed by atoms with Crippen LogP contribution in [0.4, 0.5) is 13.2 Å². The van der Waals surface area contributed by atoms with Gasteiger partial charge in [0.05, 0.1) is 6.61 Å². The molecule has 94 valence electrons. The number of ether oxygens (including phenoxy) is 1. The van der Waals surface area contributed by atoms with Crippen LogP contribution in [0.25, 0.3) is 0 Å². The second-order valence-electron chi connectivity index (χ2n) is 3.46. The standard InChI is InChI=1S/C10H12F3N3O/c1-6(10(11,12)13)17-5-7-2-3-16-8(4-7)9(14)15/h2-4,6H,5H2,1H3,(H3,14,15). The number of hydrogen-bond donors (Lipinski definition) is 2. The predicted molar refractivity (Wildman–Crippen MR) is 55.6 cm³/mol. The molecule has 0 aliphatic rings. The summed E-state index contributed by atoms with van der Waals surface area (Å²) in [4.78, 5) is 3.79. The second kappa shape index (κ2) is 5.13. The topological polar surface area (TPSA) is 72.0 Å². The highest BCUT2D eigenvalue weighted by Crippen LogP contribution is 2.23. The summed E-state index contributed by atoms with van der Waals surface area (Å²) in [6.07, 6.45) is -4.85. The van der Waals surface area contributed by atoms with E-state index >= 15 is 0 Å². The predicted octanol–water partition coefficient (Wildman–Crippen LogP) is 1.83. The van der Waals surface area contributed by atoms with Crippen molar-refractivity contribution in [2.24, 2.45) is 5.73 Å². The van der Waals surface area contributed by atoms with Gasteiger partial charge in [-0.3, -0.25) is 10.4 Å². The van der Waals surface area contributed by atoms with Gasteiger partial charge in [-0.05, 0) is 24.6 Å². The number of pyridine rings is 1. The molecule has 0 saturated carbocycles. The van der Waals surface area contributed by atoms with E-state index < -0.39 is 12.3 Å². The summed E-state index contributed by atoms with van der Waals surface area (Å²) >= 11 is 0. The Balaban J connectivity index is 2.64. The summed E-state index contributed by atoms with van der Waals surface area (Å²) < 4.78 is 41.2. The minimum absolute atomic E-state index is 0.205. The summed E-state index contributed by atoms with van der Waals surface area (Å²) in [7, 11) is 0. The van der Waals surface area contributed by atoms with Gasteiger partial charge in [0.25, 0.3) is 0 Å². The number of aromatic nitrogens is 1. The van der Waals surface area contributed by atoms with E-state index in [9.17, 15) is 13.2 Å². The van der Waals surface area contributed by atoms with E-state index in [0.717, 1.165) is 6.92 Å². The van der Waals surface area contributed by atoms with Crippen LogP contribution in [0.15, 0.2) is 18.3 Å². The van der Waals surface area contributed by atoms with Crippen molar-refractivity contribution in [1.82, 2.24) is 4.98 Å². The van der Waals surface area contributed by atoms with Gasteiger partial charge in [0, 0.05) is 6.20 Å². The molecule has 0 fully saturated rings. The fraction of sp³-hybridized carbons (Fsp3) is 0.400. The molecule has 4 nitrogen and oxygen atoms in total. The van der Waals surface area contributed by atoms with Crippen molar-refractivity contribution in [3.05, 3.63) is 29.6 Å². The van der Waals surface area contributed by atoms with E-state index in [0.29, 0.717) is 5.56 Å². The third kappa shape index (κ3) is 4.03. The van der Waals surface area contributed by atoms with Crippen LogP contribution in [0.3, 0.4) is 0 Å². The number of nitrogens with two attached hydrogens (primary N) is 1. The first-order valence-electron chi connectivity index (χ1n) is 4.78. The first kappa shape index (κ1) is 13.4. The van der Waals surface area contributed by atoms with Crippen molar-refractivity contribution < 1.29 is 17.9 Å². The Morgan fingerprint density at radius 1 is 1.59 bits per heavy atom. The molecule has 0 amide bonds. The van der Waals surface area contributed by atoms with Crippen molar-refractivity contribution in [2.45, 2.75) is 25.8 Å². The average Bonchev–Trinajstić information content (AvgIpc) is 2.25. The van der Waals surface area contributed by atoms with Crippen molar-refractivity contribution in [3.63, 3.8) is 0 Å². The molecule has 1 rings (SSSR count). The Hall–Kier alpha value is -1.63. The minimum atomic E-state index is -4.38. The molecule has 1 unspecified atom stereocenters. The van der Waals surface area contributed by atoms with Crippen molar-refractivity contribution in [2.75, 3.05) is 0 Å². The van der Waals surface area contributed by atoms with Gasteiger partial charge in [-0.25, -0.2) is 0 Å². The van der Waals surface area contributed by atoms with Gasteiger partial charge in [0.15, 0.2) is 6.10 Å². The summed E-state index contributed by atoms with van der Waals surface area (Å²) in [5.41, 5.74) is 5.91. The Kier molecular flexibility index (Phi) is 4.06. The highest BCUT2D eigenvalue weighted by Gasteiger charge is 2.36. The molecular weight excluding hydrogens is 235 g/mol. The number of nitrogen functional groups attached to an aromatic ring is 1. The summed E-state index contributed by atoms with van der Waals surface area (Å²) in [6.45, 7) is 0.733. The number of alkyl halides is 3. The van der Waals surface area contributed by atoms with Crippen LogP contribution >= 0.6 is 0 Å². The van der Waals surface area contributed by atoms with E-state index in [1.807, 2.05) is 0 Å². The van der Waals surface area contributed by atoms with E-state index in [-0.39, 0.29) is 18.1 Å². The zero-order valence-electron chi connectivity index (χ0n) is 9.08. The molecular formula is C10H12F3N3O. The lowest BCUT2D eigenvalue weighted by Gasteiger charge is -2.16. The van der Waals surface area contributed by atoms with Gasteiger partial charge in [0.2, 0.25) is 0 Å². The largest absolute Gasteiger partial charge is 0.414 e. The van der Waals surface area contributed by atoms with E-state index in [1.54, 1.807) is 0 Å². The maximum atomic E-state index is 12.2. The van der Waals surface area contributed by atoms with Crippen molar-refractivity contribution in [3.8, 4) is 0 Å². The highest BCUT2D eigenvalue weighted by atomic mass is 19.4. The molecule has 1 aromatic rings. The Morgan fingerprint density at radius 2 is 2.24 bits per heavy atom. The maximum Gasteiger partial charge on any atom is 0.414 e. The lowest BCUT2D eigenvalue weighted by molar-refractivity contribution is -0.217. The van der Waals surface area contributed by atoms with Crippen molar-refractivity contribution in [1.29, 1.82) is 5.41 Å². The summed E-state index contributed by atoms with van der Waals surface area (Å²) in [5.74, 6) is -0.240. The Labute approximate surface area is 96.1 Å². The van der Waals surface area contributed by atoms with E-state index in [4.69, 9.17) is 11.1 Å². The van der Waals surface area contributed by atoms with Gasteiger partial charge in [-0.15, -0.1) is 0 Å². The third-order valence-electron chi connectivity index (χ3n) is 2.06. The van der Waals surface area contributed by atoms with Crippen LogP contribution in [-0.4, -0.2) is 23.1 Å². The smallest absolute Gasteiger partial charge is 0.382 e. The van der Waals surface area contributed by atoms with Crippen molar-refractivity contribution >= 4 is 5.84 Å². The number of amidine groups is 1. The zero-order valence-corrected chi connectivity index (χ0v) is 9.08. The van der Waals surface area contributed by atoms with Gasteiger partial charge >= 0.3 is 6.18 Å². The lowest BCUT2D eigenvalue weighted by atomic mass is 10.2. The number of nitrogens with one attached hydrogen (secondary N) is 1. The fourth-order valence-corrected chi connectivity index (χ4v) is 1.03. The van der Waals surface area contributed by atoms with Crippen LogP contribution in [0.5, 0.6) is 0 Å². The molecule has 0 bridgehead atoms. The molecule has 0 aliphatic heterocycles.